The lowest BCUT2D eigenvalue weighted by molar-refractivity contribution is 0.426. The average Bonchev–Trinajstić information content (AvgIpc) is 1.92. The number of rotatable bonds is 0. The number of benzene rings is 1. The summed E-state index contributed by atoms with van der Waals surface area (Å²) in [5.74, 6) is -1.43. The van der Waals surface area contributed by atoms with Crippen LogP contribution in [0, 0.1) is 5.82 Å². The molecule has 0 amide bonds. The zero-order valence-electron chi connectivity index (χ0n) is 5.69. The fraction of sp³-hybridized carbons (Fsp3) is 0.143. The number of phenols is 1. The second-order valence-corrected chi connectivity index (χ2v) is 4.41. The van der Waals surface area contributed by atoms with Crippen molar-refractivity contribution in [2.45, 2.75) is 3.79 Å². The smallest absolute Gasteiger partial charge is 0.219 e. The van der Waals surface area contributed by atoms with Gasteiger partial charge in [-0.05, 0) is 6.07 Å². The molecule has 0 atom stereocenters. The largest absolute Gasteiger partial charge is 0.505 e. The molecule has 1 nitrogen and oxygen atoms in total. The molecule has 0 fully saturated rings. The molecule has 0 saturated carbocycles. The molecule has 1 rings (SSSR count). The monoisotopic (exact) mass is 228 g/mol. The van der Waals surface area contributed by atoms with Crippen molar-refractivity contribution in [3.05, 3.63) is 29.6 Å². The Morgan fingerprint density at radius 2 is 1.83 bits per heavy atom. The van der Waals surface area contributed by atoms with Gasteiger partial charge in [-0.2, -0.15) is 0 Å². The maximum Gasteiger partial charge on any atom is 0.219 e. The standard InChI is InChI=1S/C7H4Cl3FO/c8-7(9,10)4-2-1-3-5(11)6(4)12/h1-3,12H. The molecule has 1 aromatic carbocycles. The summed E-state index contributed by atoms with van der Waals surface area (Å²) in [7, 11) is 0. The molecule has 0 unspecified atom stereocenters. The quantitative estimate of drug-likeness (QED) is 0.676. The van der Waals surface area contributed by atoms with Crippen LogP contribution in [-0.4, -0.2) is 5.11 Å². The van der Waals surface area contributed by atoms with E-state index in [9.17, 15) is 4.39 Å². The summed E-state index contributed by atoms with van der Waals surface area (Å²) in [6.45, 7) is 0. The molecule has 0 radical (unpaired) electrons. The molecule has 0 aliphatic rings. The van der Waals surface area contributed by atoms with Gasteiger partial charge in [-0.25, -0.2) is 4.39 Å². The van der Waals surface area contributed by atoms with Crippen LogP contribution in [0.4, 0.5) is 4.39 Å². The first kappa shape index (κ1) is 9.90. The van der Waals surface area contributed by atoms with Gasteiger partial charge in [0.25, 0.3) is 0 Å². The molecule has 5 heteroatoms. The number of halogens is 4. The SMILES string of the molecule is Oc1c(F)cccc1C(Cl)(Cl)Cl. The third-order valence-electron chi connectivity index (χ3n) is 1.29. The first-order chi connectivity index (χ1) is 5.43. The molecular weight excluding hydrogens is 225 g/mol. The van der Waals surface area contributed by atoms with Gasteiger partial charge in [0.15, 0.2) is 11.6 Å². The Bertz CT molecular complexity index is 295. The molecule has 0 aromatic heterocycles. The van der Waals surface area contributed by atoms with Gasteiger partial charge < -0.3 is 5.11 Å². The number of para-hydroxylation sites is 1. The summed E-state index contributed by atoms with van der Waals surface area (Å²) in [6.07, 6.45) is 0. The lowest BCUT2D eigenvalue weighted by atomic mass is 10.2. The highest BCUT2D eigenvalue weighted by Gasteiger charge is 2.27. The van der Waals surface area contributed by atoms with Gasteiger partial charge in [0.2, 0.25) is 3.79 Å². The van der Waals surface area contributed by atoms with Crippen LogP contribution in [0.1, 0.15) is 5.56 Å². The highest BCUT2D eigenvalue weighted by atomic mass is 35.6. The summed E-state index contributed by atoms with van der Waals surface area (Å²) >= 11 is 16.3. The summed E-state index contributed by atoms with van der Waals surface area (Å²) in [5, 5.41) is 9.10. The number of phenolic OH excluding ortho intramolecular Hbond substituents is 1. The van der Waals surface area contributed by atoms with E-state index in [0.717, 1.165) is 6.07 Å². The normalized spacial score (nSPS) is 11.7. The molecule has 1 N–H and O–H groups in total. The Morgan fingerprint density at radius 1 is 1.25 bits per heavy atom. The third-order valence-corrected chi connectivity index (χ3v) is 1.90. The van der Waals surface area contributed by atoms with Crippen molar-refractivity contribution in [2.75, 3.05) is 0 Å². The summed E-state index contributed by atoms with van der Waals surface area (Å²) in [4.78, 5) is 0. The van der Waals surface area contributed by atoms with Gasteiger partial charge in [0.1, 0.15) is 0 Å². The lowest BCUT2D eigenvalue weighted by Crippen LogP contribution is -2.01. The van der Waals surface area contributed by atoms with E-state index in [0.29, 0.717) is 0 Å². The van der Waals surface area contributed by atoms with E-state index in [4.69, 9.17) is 39.9 Å². The van der Waals surface area contributed by atoms with Crippen LogP contribution in [0.15, 0.2) is 18.2 Å². The molecule has 0 heterocycles. The predicted molar refractivity (Wildman–Crippen MR) is 47.3 cm³/mol. The maximum atomic E-state index is 12.7. The van der Waals surface area contributed by atoms with E-state index in [-0.39, 0.29) is 5.56 Å². The van der Waals surface area contributed by atoms with Gasteiger partial charge in [0, 0.05) is 5.56 Å². The summed E-state index contributed by atoms with van der Waals surface area (Å²) in [6, 6.07) is 3.77. The highest BCUT2D eigenvalue weighted by Crippen LogP contribution is 2.43. The van der Waals surface area contributed by atoms with Crippen molar-refractivity contribution in [1.82, 2.24) is 0 Å². The number of alkyl halides is 3. The third kappa shape index (κ3) is 1.94. The van der Waals surface area contributed by atoms with Crippen molar-refractivity contribution in [1.29, 1.82) is 0 Å². The Labute approximate surface area is 83.7 Å². The minimum absolute atomic E-state index is 0.0625. The van der Waals surface area contributed by atoms with Crippen molar-refractivity contribution < 1.29 is 9.50 Å². The second-order valence-electron chi connectivity index (χ2n) is 2.13. The molecule has 0 aliphatic carbocycles. The molecule has 0 aliphatic heterocycles. The van der Waals surface area contributed by atoms with E-state index in [1.807, 2.05) is 0 Å². The summed E-state index contributed by atoms with van der Waals surface area (Å²) < 4.78 is 10.9. The molecule has 12 heavy (non-hydrogen) atoms. The van der Waals surface area contributed by atoms with Gasteiger partial charge in [-0.3, -0.25) is 0 Å². The maximum absolute atomic E-state index is 12.7. The first-order valence-electron chi connectivity index (χ1n) is 2.97. The Hall–Kier alpha value is -0.180. The summed E-state index contributed by atoms with van der Waals surface area (Å²) in [5.41, 5.74) is -0.0625. The minimum atomic E-state index is -1.80. The molecule has 0 saturated heterocycles. The van der Waals surface area contributed by atoms with Crippen molar-refractivity contribution in [3.63, 3.8) is 0 Å². The van der Waals surface area contributed by atoms with Crippen LogP contribution in [0.2, 0.25) is 0 Å². The molecular formula is C7H4Cl3FO. The Morgan fingerprint density at radius 3 is 2.25 bits per heavy atom. The van der Waals surface area contributed by atoms with Crippen LogP contribution >= 0.6 is 34.8 Å². The molecule has 0 bridgehead atoms. The number of hydrogen-bond donors (Lipinski definition) is 1. The Balaban J connectivity index is 3.26. The second kappa shape index (κ2) is 3.29. The predicted octanol–water partition coefficient (Wildman–Crippen LogP) is 3.36. The Kier molecular flexibility index (Phi) is 2.71. The zero-order valence-corrected chi connectivity index (χ0v) is 7.96. The van der Waals surface area contributed by atoms with Crippen LogP contribution in [0.25, 0.3) is 0 Å². The van der Waals surface area contributed by atoms with E-state index in [1.165, 1.54) is 12.1 Å². The van der Waals surface area contributed by atoms with Crippen LogP contribution < -0.4 is 0 Å². The first-order valence-corrected chi connectivity index (χ1v) is 4.11. The number of aromatic hydroxyl groups is 1. The van der Waals surface area contributed by atoms with Gasteiger partial charge in [-0.15, -0.1) is 0 Å². The topological polar surface area (TPSA) is 20.2 Å². The van der Waals surface area contributed by atoms with E-state index >= 15 is 0 Å². The van der Waals surface area contributed by atoms with Gasteiger partial charge in [0.05, 0.1) is 0 Å². The molecule has 0 spiro atoms. The van der Waals surface area contributed by atoms with Gasteiger partial charge >= 0.3 is 0 Å². The van der Waals surface area contributed by atoms with Gasteiger partial charge in [-0.1, -0.05) is 46.9 Å². The van der Waals surface area contributed by atoms with Crippen LogP contribution in [0.3, 0.4) is 0 Å². The fourth-order valence-corrected chi connectivity index (χ4v) is 1.20. The average molecular weight is 229 g/mol. The minimum Gasteiger partial charge on any atom is -0.505 e. The molecule has 1 aromatic rings. The fourth-order valence-electron chi connectivity index (χ4n) is 0.744. The van der Waals surface area contributed by atoms with Crippen LogP contribution in [-0.2, 0) is 3.79 Å². The van der Waals surface area contributed by atoms with E-state index in [1.54, 1.807) is 0 Å². The van der Waals surface area contributed by atoms with Crippen molar-refractivity contribution >= 4 is 34.8 Å². The van der Waals surface area contributed by atoms with E-state index in [2.05, 4.69) is 0 Å². The van der Waals surface area contributed by atoms with E-state index < -0.39 is 15.4 Å². The molecule has 66 valence electrons. The lowest BCUT2D eigenvalue weighted by Gasteiger charge is -2.12. The van der Waals surface area contributed by atoms with Crippen molar-refractivity contribution in [3.8, 4) is 5.75 Å². The highest BCUT2D eigenvalue weighted by molar-refractivity contribution is 6.66. The van der Waals surface area contributed by atoms with Crippen LogP contribution in [0.5, 0.6) is 5.75 Å². The number of hydrogen-bond acceptors (Lipinski definition) is 1. The van der Waals surface area contributed by atoms with Crippen molar-refractivity contribution in [2.24, 2.45) is 0 Å². The zero-order chi connectivity index (χ0) is 9.35.